The number of amides is 1. The highest BCUT2D eigenvalue weighted by atomic mass is 35.5. The predicted molar refractivity (Wildman–Crippen MR) is 88.7 cm³/mol. The van der Waals surface area contributed by atoms with Crippen LogP contribution in [0.25, 0.3) is 10.9 Å². The molecule has 110 valence electrons. The van der Waals surface area contributed by atoms with E-state index in [2.05, 4.69) is 15.3 Å². The molecule has 0 atom stereocenters. The number of hydrogen-bond acceptors (Lipinski definition) is 3. The van der Waals surface area contributed by atoms with Crippen LogP contribution in [0.15, 0.2) is 42.7 Å². The third kappa shape index (κ3) is 2.75. The molecule has 2 aromatic heterocycles. The molecule has 0 saturated heterocycles. The predicted octanol–water partition coefficient (Wildman–Crippen LogP) is 4.50. The molecule has 0 aliphatic heterocycles. The van der Waals surface area contributed by atoms with Gasteiger partial charge in [0.1, 0.15) is 0 Å². The van der Waals surface area contributed by atoms with Crippen LogP contribution in [-0.4, -0.2) is 15.9 Å². The van der Waals surface area contributed by atoms with Crippen LogP contribution in [0.2, 0.25) is 10.0 Å². The number of carbonyl (C=O) groups excluding carboxylic acids is 1. The van der Waals surface area contributed by atoms with Crippen molar-refractivity contribution in [3.8, 4) is 0 Å². The molecule has 4 nitrogen and oxygen atoms in total. The van der Waals surface area contributed by atoms with E-state index in [1.54, 1.807) is 12.1 Å². The molecule has 0 radical (unpaired) electrons. The first-order valence-corrected chi connectivity index (χ1v) is 7.28. The molecular formula is C16H11Cl2N3O. The van der Waals surface area contributed by atoms with Crippen LogP contribution in [0.5, 0.6) is 0 Å². The second kappa shape index (κ2) is 5.91. The summed E-state index contributed by atoms with van der Waals surface area (Å²) >= 11 is 12.1. The number of halogens is 2. The molecule has 0 saturated carbocycles. The highest BCUT2D eigenvalue weighted by molar-refractivity contribution is 6.39. The highest BCUT2D eigenvalue weighted by Gasteiger charge is 2.14. The van der Waals surface area contributed by atoms with Gasteiger partial charge in [-0.2, -0.15) is 0 Å². The zero-order chi connectivity index (χ0) is 15.7. The summed E-state index contributed by atoms with van der Waals surface area (Å²) in [5, 5.41) is 4.08. The Kier molecular flexibility index (Phi) is 3.96. The molecule has 1 amide bonds. The summed E-state index contributed by atoms with van der Waals surface area (Å²) in [5.41, 5.74) is 2.51. The Morgan fingerprint density at radius 2 is 1.82 bits per heavy atom. The van der Waals surface area contributed by atoms with Gasteiger partial charge in [0.15, 0.2) is 0 Å². The summed E-state index contributed by atoms with van der Waals surface area (Å²) in [6.45, 7) is 1.91. The SMILES string of the molecule is Cc1ccc2c(C(=O)Nc3c(Cl)cncc3Cl)cccc2n1. The van der Waals surface area contributed by atoms with E-state index in [0.717, 1.165) is 16.6 Å². The van der Waals surface area contributed by atoms with E-state index >= 15 is 0 Å². The number of nitrogens with one attached hydrogen (secondary N) is 1. The van der Waals surface area contributed by atoms with Crippen LogP contribution >= 0.6 is 23.2 Å². The van der Waals surface area contributed by atoms with Gasteiger partial charge in [0.2, 0.25) is 0 Å². The number of aryl methyl sites for hydroxylation is 1. The fourth-order valence-electron chi connectivity index (χ4n) is 2.17. The summed E-state index contributed by atoms with van der Waals surface area (Å²) in [5.74, 6) is -0.300. The maximum Gasteiger partial charge on any atom is 0.256 e. The Hall–Kier alpha value is -2.17. The molecule has 0 bridgehead atoms. The van der Waals surface area contributed by atoms with Gasteiger partial charge >= 0.3 is 0 Å². The molecule has 3 aromatic rings. The topological polar surface area (TPSA) is 54.9 Å². The first kappa shape index (κ1) is 14.8. The Bertz CT molecular complexity index is 860. The number of nitrogens with zero attached hydrogens (tertiary/aromatic N) is 2. The van der Waals surface area contributed by atoms with Gasteiger partial charge < -0.3 is 5.32 Å². The molecule has 6 heteroatoms. The van der Waals surface area contributed by atoms with Crippen molar-refractivity contribution in [2.24, 2.45) is 0 Å². The van der Waals surface area contributed by atoms with Crippen molar-refractivity contribution in [2.75, 3.05) is 5.32 Å². The second-order valence-corrected chi connectivity index (χ2v) is 5.57. The van der Waals surface area contributed by atoms with E-state index in [-0.39, 0.29) is 16.0 Å². The van der Waals surface area contributed by atoms with Gasteiger partial charge in [-0.15, -0.1) is 0 Å². The normalized spacial score (nSPS) is 10.7. The van der Waals surface area contributed by atoms with Crippen molar-refractivity contribution in [1.29, 1.82) is 0 Å². The average Bonchev–Trinajstić information content (AvgIpc) is 2.50. The number of pyridine rings is 2. The van der Waals surface area contributed by atoms with Gasteiger partial charge in [-0.3, -0.25) is 14.8 Å². The van der Waals surface area contributed by atoms with Crippen molar-refractivity contribution < 1.29 is 4.79 Å². The monoisotopic (exact) mass is 331 g/mol. The standard InChI is InChI=1S/C16H11Cl2N3O/c1-9-5-6-10-11(3-2-4-14(10)20-9)16(22)21-15-12(17)7-19-8-13(15)18/h2-8H,1H3,(H,19,21,22). The summed E-state index contributed by atoms with van der Waals surface area (Å²) in [4.78, 5) is 20.8. The summed E-state index contributed by atoms with van der Waals surface area (Å²) in [7, 11) is 0. The van der Waals surface area contributed by atoms with Crippen LogP contribution in [0.3, 0.4) is 0 Å². The van der Waals surface area contributed by atoms with Crippen LogP contribution in [-0.2, 0) is 0 Å². The number of anilines is 1. The largest absolute Gasteiger partial charge is 0.319 e. The van der Waals surface area contributed by atoms with E-state index in [1.165, 1.54) is 12.4 Å². The fraction of sp³-hybridized carbons (Fsp3) is 0.0625. The van der Waals surface area contributed by atoms with Gasteiger partial charge in [-0.05, 0) is 25.1 Å². The minimum absolute atomic E-state index is 0.287. The van der Waals surface area contributed by atoms with Gasteiger partial charge in [0.05, 0.1) is 21.2 Å². The maximum absolute atomic E-state index is 12.5. The maximum atomic E-state index is 12.5. The number of aromatic nitrogens is 2. The second-order valence-electron chi connectivity index (χ2n) is 4.76. The number of rotatable bonds is 2. The highest BCUT2D eigenvalue weighted by Crippen LogP contribution is 2.29. The van der Waals surface area contributed by atoms with Crippen molar-refractivity contribution >= 4 is 45.7 Å². The van der Waals surface area contributed by atoms with Gasteiger partial charge in [-0.1, -0.05) is 35.3 Å². The Morgan fingerprint density at radius 1 is 1.09 bits per heavy atom. The van der Waals surface area contributed by atoms with Crippen LogP contribution in [0.1, 0.15) is 16.1 Å². The van der Waals surface area contributed by atoms with E-state index < -0.39 is 0 Å². The number of fused-ring (bicyclic) bond motifs is 1. The van der Waals surface area contributed by atoms with E-state index in [4.69, 9.17) is 23.2 Å². The Balaban J connectivity index is 2.03. The quantitative estimate of drug-likeness (QED) is 0.752. The lowest BCUT2D eigenvalue weighted by atomic mass is 10.1. The molecule has 2 heterocycles. The van der Waals surface area contributed by atoms with Crippen molar-refractivity contribution in [2.45, 2.75) is 6.92 Å². The van der Waals surface area contributed by atoms with Crippen molar-refractivity contribution in [3.05, 3.63) is 64.0 Å². The molecule has 1 aromatic carbocycles. The molecule has 22 heavy (non-hydrogen) atoms. The Labute approximate surface area is 137 Å². The fourth-order valence-corrected chi connectivity index (χ4v) is 2.63. The zero-order valence-electron chi connectivity index (χ0n) is 11.6. The number of hydrogen-bond donors (Lipinski definition) is 1. The van der Waals surface area contributed by atoms with Crippen LogP contribution < -0.4 is 5.32 Å². The van der Waals surface area contributed by atoms with Crippen LogP contribution in [0, 0.1) is 6.92 Å². The first-order valence-electron chi connectivity index (χ1n) is 6.53. The van der Waals surface area contributed by atoms with Crippen molar-refractivity contribution in [1.82, 2.24) is 9.97 Å². The number of carbonyl (C=O) groups is 1. The summed E-state index contributed by atoms with van der Waals surface area (Å²) in [6, 6.07) is 9.14. The van der Waals surface area contributed by atoms with Gasteiger partial charge in [0.25, 0.3) is 5.91 Å². The molecular weight excluding hydrogens is 321 g/mol. The lowest BCUT2D eigenvalue weighted by Gasteiger charge is -2.10. The lowest BCUT2D eigenvalue weighted by Crippen LogP contribution is -2.13. The molecule has 3 rings (SSSR count). The van der Waals surface area contributed by atoms with Crippen LogP contribution in [0.4, 0.5) is 5.69 Å². The minimum atomic E-state index is -0.300. The molecule has 1 N–H and O–H groups in total. The summed E-state index contributed by atoms with van der Waals surface area (Å²) < 4.78 is 0. The van der Waals surface area contributed by atoms with Crippen molar-refractivity contribution in [3.63, 3.8) is 0 Å². The molecule has 0 spiro atoms. The smallest absolute Gasteiger partial charge is 0.256 e. The Morgan fingerprint density at radius 3 is 2.55 bits per heavy atom. The molecule has 0 aliphatic rings. The molecule has 0 unspecified atom stereocenters. The zero-order valence-corrected chi connectivity index (χ0v) is 13.1. The van der Waals surface area contributed by atoms with E-state index in [9.17, 15) is 4.79 Å². The van der Waals surface area contributed by atoms with Gasteiger partial charge in [-0.25, -0.2) is 0 Å². The third-order valence-electron chi connectivity index (χ3n) is 3.21. The molecule has 0 fully saturated rings. The lowest BCUT2D eigenvalue weighted by molar-refractivity contribution is 0.102. The molecule has 0 aliphatic carbocycles. The average molecular weight is 332 g/mol. The van der Waals surface area contributed by atoms with Gasteiger partial charge in [0, 0.05) is 29.0 Å². The number of benzene rings is 1. The first-order chi connectivity index (χ1) is 10.6. The van der Waals surface area contributed by atoms with E-state index in [1.807, 2.05) is 25.1 Å². The third-order valence-corrected chi connectivity index (χ3v) is 3.78. The summed E-state index contributed by atoms with van der Waals surface area (Å²) in [6.07, 6.45) is 2.86. The van der Waals surface area contributed by atoms with E-state index in [0.29, 0.717) is 11.3 Å². The minimum Gasteiger partial charge on any atom is -0.319 e.